The van der Waals surface area contributed by atoms with E-state index in [-0.39, 0.29) is 0 Å². The van der Waals surface area contributed by atoms with Gasteiger partial charge < -0.3 is 0 Å². The van der Waals surface area contributed by atoms with Crippen LogP contribution in [0.2, 0.25) is 0 Å². The number of rotatable bonds is 5. The van der Waals surface area contributed by atoms with E-state index in [0.717, 1.165) is 11.4 Å². The molecule has 0 spiro atoms. The van der Waals surface area contributed by atoms with Gasteiger partial charge in [-0.05, 0) is 36.6 Å². The molecule has 5 rings (SSSR count). The zero-order chi connectivity index (χ0) is 21.3. The first-order valence-electron chi connectivity index (χ1n) is 10.2. The molecule has 4 nitrogen and oxygen atoms in total. The lowest BCUT2D eigenvalue weighted by Crippen LogP contribution is -2.25. The van der Waals surface area contributed by atoms with Crippen molar-refractivity contribution in [3.05, 3.63) is 125 Å². The summed E-state index contributed by atoms with van der Waals surface area (Å²) in [7, 11) is 0. The minimum Gasteiger partial charge on any atom is -0.216 e. The normalized spacial score (nSPS) is 11.7. The summed E-state index contributed by atoms with van der Waals surface area (Å²) < 4.78 is 1.32. The molecule has 0 saturated carbocycles. The zero-order valence-electron chi connectivity index (χ0n) is 17.4. The first-order chi connectivity index (χ1) is 15.2. The molecule has 0 radical (unpaired) electrons. The van der Waals surface area contributed by atoms with Crippen molar-refractivity contribution in [3.8, 4) is 0 Å². The van der Waals surface area contributed by atoms with Crippen molar-refractivity contribution in [2.24, 2.45) is 0 Å². The summed E-state index contributed by atoms with van der Waals surface area (Å²) in [6, 6.07) is 33.8. The third-order valence-corrected chi connectivity index (χ3v) is 6.75. The largest absolute Gasteiger partial charge is 0.253 e. The summed E-state index contributed by atoms with van der Waals surface area (Å²) in [5, 5.41) is 5.51. The topological polar surface area (TPSA) is 43.1 Å². The molecule has 0 amide bonds. The first-order valence-corrected chi connectivity index (χ1v) is 11.0. The molecule has 0 aliphatic carbocycles. The second kappa shape index (κ2) is 8.00. The van der Waals surface area contributed by atoms with Gasteiger partial charge in [0.2, 0.25) is 5.16 Å². The first kappa shape index (κ1) is 19.5. The Balaban J connectivity index is 1.77. The number of aromatic nitrogens is 4. The van der Waals surface area contributed by atoms with Crippen LogP contribution in [0.25, 0.3) is 5.78 Å². The summed E-state index contributed by atoms with van der Waals surface area (Å²) in [6.45, 7) is 4.01. The Hall–Kier alpha value is -3.44. The van der Waals surface area contributed by atoms with Gasteiger partial charge in [-0.3, -0.25) is 0 Å². The second-order valence-corrected chi connectivity index (χ2v) is 8.71. The van der Waals surface area contributed by atoms with Gasteiger partial charge in [0.05, 0.1) is 4.75 Å². The van der Waals surface area contributed by atoms with Crippen LogP contribution < -0.4 is 0 Å². The molecule has 3 aromatic carbocycles. The van der Waals surface area contributed by atoms with Crippen molar-refractivity contribution in [3.63, 3.8) is 0 Å². The van der Waals surface area contributed by atoms with Crippen LogP contribution in [0.3, 0.4) is 0 Å². The monoisotopic (exact) mass is 422 g/mol. The lowest BCUT2D eigenvalue weighted by molar-refractivity contribution is 0.828. The van der Waals surface area contributed by atoms with Crippen LogP contribution in [0.4, 0.5) is 0 Å². The summed E-state index contributed by atoms with van der Waals surface area (Å²) in [5.41, 5.74) is 5.49. The minimum absolute atomic E-state index is 0.502. The highest BCUT2D eigenvalue weighted by Gasteiger charge is 2.39. The van der Waals surface area contributed by atoms with Crippen LogP contribution in [0, 0.1) is 13.8 Å². The van der Waals surface area contributed by atoms with E-state index in [1.54, 1.807) is 11.8 Å². The van der Waals surface area contributed by atoms with Gasteiger partial charge >= 0.3 is 0 Å². The summed E-state index contributed by atoms with van der Waals surface area (Å²) in [6.07, 6.45) is 0. The van der Waals surface area contributed by atoms with Crippen molar-refractivity contribution in [2.45, 2.75) is 23.8 Å². The molecule has 0 unspecified atom stereocenters. The number of hydrogen-bond acceptors (Lipinski definition) is 4. The Bertz CT molecular complexity index is 1220. The van der Waals surface area contributed by atoms with Gasteiger partial charge in [0.1, 0.15) is 0 Å². The van der Waals surface area contributed by atoms with Gasteiger partial charge in [0, 0.05) is 11.4 Å². The third-order valence-electron chi connectivity index (χ3n) is 5.38. The molecule has 5 heteroatoms. The van der Waals surface area contributed by atoms with E-state index in [0.29, 0.717) is 10.9 Å². The van der Waals surface area contributed by atoms with Gasteiger partial charge in [-0.1, -0.05) is 103 Å². The van der Waals surface area contributed by atoms with Crippen LogP contribution in [-0.2, 0) is 4.75 Å². The minimum atomic E-state index is -0.502. The predicted octanol–water partition coefficient (Wildman–Crippen LogP) is 5.83. The van der Waals surface area contributed by atoms with E-state index in [4.69, 9.17) is 10.1 Å². The van der Waals surface area contributed by atoms with Gasteiger partial charge in [-0.15, -0.1) is 5.10 Å². The number of aryl methyl sites for hydroxylation is 2. The van der Waals surface area contributed by atoms with Crippen LogP contribution in [0.15, 0.2) is 102 Å². The number of fused-ring (bicyclic) bond motifs is 1. The zero-order valence-corrected chi connectivity index (χ0v) is 18.3. The second-order valence-electron chi connectivity index (χ2n) is 7.53. The quantitative estimate of drug-likeness (QED) is 0.264. The number of nitrogens with zero attached hydrogens (tertiary/aromatic N) is 4. The molecule has 31 heavy (non-hydrogen) atoms. The summed E-state index contributed by atoms with van der Waals surface area (Å²) >= 11 is 1.65. The molecule has 0 N–H and O–H groups in total. The maximum atomic E-state index is 4.82. The molecule has 0 saturated heterocycles. The highest BCUT2D eigenvalue weighted by atomic mass is 32.2. The molecule has 5 aromatic rings. The Morgan fingerprint density at radius 3 is 1.65 bits per heavy atom. The van der Waals surface area contributed by atoms with Gasteiger partial charge in [0.15, 0.2) is 0 Å². The van der Waals surface area contributed by atoms with E-state index in [2.05, 4.69) is 77.8 Å². The molecule has 0 aliphatic rings. The molecule has 0 aliphatic heterocycles. The average Bonchev–Trinajstić information content (AvgIpc) is 3.22. The standard InChI is InChI=1S/C26H22N4S/c1-19-18-20(2)30-24(27-19)28-25(29-30)31-26(21-12-6-3-7-13-21,22-14-8-4-9-15-22)23-16-10-5-11-17-23/h3-18H,1-2H3. The van der Waals surface area contributed by atoms with Crippen LogP contribution in [0.1, 0.15) is 28.1 Å². The van der Waals surface area contributed by atoms with Crippen molar-refractivity contribution in [2.75, 3.05) is 0 Å². The maximum absolute atomic E-state index is 4.82. The summed E-state index contributed by atoms with van der Waals surface area (Å²) in [5.74, 6) is 0.628. The molecule has 2 heterocycles. The maximum Gasteiger partial charge on any atom is 0.253 e. The van der Waals surface area contributed by atoms with Gasteiger partial charge in [0.25, 0.3) is 5.78 Å². The smallest absolute Gasteiger partial charge is 0.216 e. The molecule has 0 bridgehead atoms. The molecular weight excluding hydrogens is 400 g/mol. The fraction of sp³-hybridized carbons (Fsp3) is 0.115. The van der Waals surface area contributed by atoms with Crippen molar-refractivity contribution >= 4 is 17.5 Å². The molecule has 152 valence electrons. The Morgan fingerprint density at radius 1 is 0.677 bits per heavy atom. The fourth-order valence-electron chi connectivity index (χ4n) is 4.02. The van der Waals surface area contributed by atoms with Crippen LogP contribution >= 0.6 is 11.8 Å². The predicted molar refractivity (Wildman–Crippen MR) is 125 cm³/mol. The van der Waals surface area contributed by atoms with Gasteiger partial charge in [-0.25, -0.2) is 9.50 Å². The average molecular weight is 423 g/mol. The van der Waals surface area contributed by atoms with E-state index in [1.165, 1.54) is 16.7 Å². The number of thioether (sulfide) groups is 1. The Morgan fingerprint density at radius 2 is 1.16 bits per heavy atom. The van der Waals surface area contributed by atoms with Crippen LogP contribution in [0.5, 0.6) is 0 Å². The van der Waals surface area contributed by atoms with E-state index in [9.17, 15) is 0 Å². The molecule has 0 atom stereocenters. The van der Waals surface area contributed by atoms with Crippen molar-refractivity contribution < 1.29 is 0 Å². The van der Waals surface area contributed by atoms with Crippen molar-refractivity contribution in [1.82, 2.24) is 19.6 Å². The Labute approximate surface area is 186 Å². The van der Waals surface area contributed by atoms with E-state index >= 15 is 0 Å². The third kappa shape index (κ3) is 3.51. The number of hydrogen-bond donors (Lipinski definition) is 0. The fourth-order valence-corrected chi connectivity index (χ4v) is 5.31. The van der Waals surface area contributed by atoms with Crippen molar-refractivity contribution in [1.29, 1.82) is 0 Å². The molecule has 0 fully saturated rings. The SMILES string of the molecule is Cc1cc(C)n2nc(SC(c3ccccc3)(c3ccccc3)c3ccccc3)nc2n1. The van der Waals surface area contributed by atoms with Gasteiger partial charge in [-0.2, -0.15) is 4.98 Å². The summed E-state index contributed by atoms with van der Waals surface area (Å²) in [4.78, 5) is 9.38. The highest BCUT2D eigenvalue weighted by Crippen LogP contribution is 2.50. The van der Waals surface area contributed by atoms with E-state index < -0.39 is 4.75 Å². The lowest BCUT2D eigenvalue weighted by Gasteiger charge is -2.34. The van der Waals surface area contributed by atoms with E-state index in [1.807, 2.05) is 42.6 Å². The molecular formula is C26H22N4S. The lowest BCUT2D eigenvalue weighted by atomic mass is 9.84. The highest BCUT2D eigenvalue weighted by molar-refractivity contribution is 8.00. The van der Waals surface area contributed by atoms with Crippen LogP contribution in [-0.4, -0.2) is 19.6 Å². The Kier molecular flexibility index (Phi) is 5.04. The number of benzene rings is 3. The molecule has 2 aromatic heterocycles.